The highest BCUT2D eigenvalue weighted by Crippen LogP contribution is 2.29. The van der Waals surface area contributed by atoms with Crippen LogP contribution in [0.4, 0.5) is 4.79 Å². The lowest BCUT2D eigenvalue weighted by Crippen LogP contribution is -2.46. The number of carbonyl (C=O) groups is 2. The molecule has 2 amide bonds. The molecule has 6 heteroatoms. The Bertz CT molecular complexity index is 822. The molecule has 3 rings (SSSR count). The van der Waals surface area contributed by atoms with E-state index in [1.54, 1.807) is 18.7 Å². The van der Waals surface area contributed by atoms with E-state index in [0.29, 0.717) is 17.0 Å². The predicted molar refractivity (Wildman–Crippen MR) is 107 cm³/mol. The largest absolute Gasteiger partial charge is 0.463 e. The van der Waals surface area contributed by atoms with Crippen molar-refractivity contribution in [2.45, 2.75) is 18.7 Å². The van der Waals surface area contributed by atoms with Crippen LogP contribution in [0.2, 0.25) is 0 Å². The molecule has 0 aromatic heterocycles. The lowest BCUT2D eigenvalue weighted by atomic mass is 9.95. The fourth-order valence-corrected chi connectivity index (χ4v) is 3.88. The number of hydrogen-bond acceptors (Lipinski definition) is 4. The van der Waals surface area contributed by atoms with Gasteiger partial charge >= 0.3 is 12.0 Å². The van der Waals surface area contributed by atoms with Crippen LogP contribution in [0.15, 0.2) is 71.9 Å². The molecule has 0 aliphatic carbocycles. The van der Waals surface area contributed by atoms with Crippen molar-refractivity contribution in [1.29, 1.82) is 0 Å². The van der Waals surface area contributed by atoms with Crippen LogP contribution in [0, 0.1) is 0 Å². The third-order valence-corrected chi connectivity index (χ3v) is 5.17. The van der Waals surface area contributed by atoms with E-state index in [-0.39, 0.29) is 12.6 Å². The molecular formula is C21H22N2O3S. The summed E-state index contributed by atoms with van der Waals surface area (Å²) < 4.78 is 5.27. The van der Waals surface area contributed by atoms with Crippen LogP contribution in [-0.2, 0) is 15.3 Å². The van der Waals surface area contributed by atoms with E-state index in [9.17, 15) is 9.59 Å². The Morgan fingerprint density at radius 3 is 2.37 bits per heavy atom. The Balaban J connectivity index is 1.86. The molecule has 0 saturated heterocycles. The van der Waals surface area contributed by atoms with E-state index in [1.807, 2.05) is 48.5 Å². The number of urea groups is 1. The van der Waals surface area contributed by atoms with Gasteiger partial charge in [0.2, 0.25) is 0 Å². The van der Waals surface area contributed by atoms with Crippen LogP contribution in [0.3, 0.4) is 0 Å². The Labute approximate surface area is 163 Å². The summed E-state index contributed by atoms with van der Waals surface area (Å²) in [4.78, 5) is 24.9. The molecule has 1 aliphatic rings. The van der Waals surface area contributed by atoms with Crippen LogP contribution in [0.25, 0.3) is 0 Å². The fraction of sp³-hybridized carbons (Fsp3) is 0.238. The number of carbonyl (C=O) groups excluding carboxylic acids is 2. The highest BCUT2D eigenvalue weighted by molar-refractivity contribution is 7.98. The summed E-state index contributed by atoms with van der Waals surface area (Å²) in [6, 6.07) is 18.7. The second kappa shape index (κ2) is 9.28. The minimum absolute atomic E-state index is 0.280. The van der Waals surface area contributed by atoms with Crippen molar-refractivity contribution >= 4 is 23.8 Å². The van der Waals surface area contributed by atoms with Crippen molar-refractivity contribution in [3.63, 3.8) is 0 Å². The standard InChI is InChI=1S/C21H22N2O3S/c1-2-26-20(24)18-17(14-27-13-15-9-5-3-6-10-15)22-21(25)23-19(18)16-11-7-4-8-12-16/h3-12,19H,2,13-14H2,1H3,(H2,22,23,25)/t19-/m1/s1. The van der Waals surface area contributed by atoms with E-state index in [4.69, 9.17) is 4.74 Å². The Hall–Kier alpha value is -2.73. The molecule has 2 N–H and O–H groups in total. The van der Waals surface area contributed by atoms with Gasteiger partial charge in [-0.15, -0.1) is 0 Å². The zero-order valence-corrected chi connectivity index (χ0v) is 15.9. The van der Waals surface area contributed by atoms with Gasteiger partial charge in [-0.2, -0.15) is 11.8 Å². The number of thioether (sulfide) groups is 1. The molecule has 2 aromatic rings. The summed E-state index contributed by atoms with van der Waals surface area (Å²) >= 11 is 1.64. The maximum atomic E-state index is 12.7. The van der Waals surface area contributed by atoms with Gasteiger partial charge in [0.25, 0.3) is 0 Å². The second-order valence-corrected chi connectivity index (χ2v) is 7.02. The summed E-state index contributed by atoms with van der Waals surface area (Å²) in [5.41, 5.74) is 3.11. The second-order valence-electron chi connectivity index (χ2n) is 6.03. The third-order valence-electron chi connectivity index (χ3n) is 4.14. The minimum Gasteiger partial charge on any atom is -0.463 e. The van der Waals surface area contributed by atoms with Crippen molar-refractivity contribution in [2.75, 3.05) is 12.4 Å². The number of amides is 2. The SMILES string of the molecule is CCOC(=O)C1=C(CSCc2ccccc2)NC(=O)N[C@@H]1c1ccccc1. The van der Waals surface area contributed by atoms with Gasteiger partial charge in [0.15, 0.2) is 0 Å². The van der Waals surface area contributed by atoms with Gasteiger partial charge in [0.05, 0.1) is 18.2 Å². The number of nitrogens with one attached hydrogen (secondary N) is 2. The van der Waals surface area contributed by atoms with E-state index in [2.05, 4.69) is 22.8 Å². The number of ether oxygens (including phenoxy) is 1. The molecule has 1 heterocycles. The summed E-state index contributed by atoms with van der Waals surface area (Å²) in [6.45, 7) is 2.05. The van der Waals surface area contributed by atoms with Crippen LogP contribution < -0.4 is 10.6 Å². The molecule has 1 atom stereocenters. The van der Waals surface area contributed by atoms with Crippen LogP contribution in [-0.4, -0.2) is 24.4 Å². The van der Waals surface area contributed by atoms with Gasteiger partial charge in [-0.3, -0.25) is 0 Å². The highest BCUT2D eigenvalue weighted by Gasteiger charge is 2.33. The molecular weight excluding hydrogens is 360 g/mol. The Morgan fingerprint density at radius 1 is 1.04 bits per heavy atom. The average Bonchev–Trinajstić information content (AvgIpc) is 2.69. The molecule has 0 fully saturated rings. The van der Waals surface area contributed by atoms with Crippen LogP contribution in [0.5, 0.6) is 0 Å². The van der Waals surface area contributed by atoms with Crippen molar-refractivity contribution in [3.05, 3.63) is 83.1 Å². The lowest BCUT2D eigenvalue weighted by Gasteiger charge is -2.29. The molecule has 0 radical (unpaired) electrons. The van der Waals surface area contributed by atoms with Crippen molar-refractivity contribution in [2.24, 2.45) is 0 Å². The van der Waals surface area contributed by atoms with Crippen LogP contribution >= 0.6 is 11.8 Å². The zero-order chi connectivity index (χ0) is 19.1. The number of benzene rings is 2. The van der Waals surface area contributed by atoms with Gasteiger partial charge in [0, 0.05) is 17.2 Å². The molecule has 0 saturated carbocycles. The van der Waals surface area contributed by atoms with Gasteiger partial charge in [-0.1, -0.05) is 60.7 Å². The summed E-state index contributed by atoms with van der Waals surface area (Å²) in [7, 11) is 0. The van der Waals surface area contributed by atoms with Gasteiger partial charge < -0.3 is 15.4 Å². The maximum Gasteiger partial charge on any atom is 0.338 e. The molecule has 1 aliphatic heterocycles. The van der Waals surface area contributed by atoms with E-state index in [0.717, 1.165) is 11.3 Å². The Kier molecular flexibility index (Phi) is 6.54. The summed E-state index contributed by atoms with van der Waals surface area (Å²) in [6.07, 6.45) is 0. The summed E-state index contributed by atoms with van der Waals surface area (Å²) in [5.74, 6) is 0.897. The maximum absolute atomic E-state index is 12.7. The minimum atomic E-state index is -0.522. The van der Waals surface area contributed by atoms with E-state index < -0.39 is 12.0 Å². The average molecular weight is 382 g/mol. The molecule has 0 unspecified atom stereocenters. The quantitative estimate of drug-likeness (QED) is 0.715. The van der Waals surface area contributed by atoms with E-state index >= 15 is 0 Å². The smallest absolute Gasteiger partial charge is 0.338 e. The van der Waals surface area contributed by atoms with Crippen molar-refractivity contribution in [3.8, 4) is 0 Å². The Morgan fingerprint density at radius 2 is 1.70 bits per heavy atom. The topological polar surface area (TPSA) is 67.4 Å². The first-order valence-corrected chi connectivity index (χ1v) is 9.98. The molecule has 5 nitrogen and oxygen atoms in total. The molecule has 140 valence electrons. The van der Waals surface area contributed by atoms with Crippen molar-refractivity contribution in [1.82, 2.24) is 10.6 Å². The van der Waals surface area contributed by atoms with Crippen LogP contribution in [0.1, 0.15) is 24.1 Å². The molecule has 0 spiro atoms. The first kappa shape index (κ1) is 19.0. The third kappa shape index (κ3) is 4.92. The number of hydrogen-bond donors (Lipinski definition) is 2. The highest BCUT2D eigenvalue weighted by atomic mass is 32.2. The molecule has 0 bridgehead atoms. The van der Waals surface area contributed by atoms with Gasteiger partial charge in [-0.25, -0.2) is 9.59 Å². The monoisotopic (exact) mass is 382 g/mol. The van der Waals surface area contributed by atoms with E-state index in [1.165, 1.54) is 5.56 Å². The first-order chi connectivity index (χ1) is 13.2. The fourth-order valence-electron chi connectivity index (χ4n) is 2.92. The first-order valence-electron chi connectivity index (χ1n) is 8.83. The molecule has 27 heavy (non-hydrogen) atoms. The molecule has 2 aromatic carbocycles. The van der Waals surface area contributed by atoms with Gasteiger partial charge in [-0.05, 0) is 18.1 Å². The predicted octanol–water partition coefficient (Wildman–Crippen LogP) is 3.79. The number of esters is 1. The normalized spacial score (nSPS) is 16.5. The van der Waals surface area contributed by atoms with Gasteiger partial charge in [0.1, 0.15) is 0 Å². The summed E-state index contributed by atoms with van der Waals surface area (Å²) in [5, 5.41) is 5.64. The van der Waals surface area contributed by atoms with Crippen molar-refractivity contribution < 1.29 is 14.3 Å². The number of rotatable bonds is 7. The zero-order valence-electron chi connectivity index (χ0n) is 15.1. The lowest BCUT2D eigenvalue weighted by molar-refractivity contribution is -0.139.